The third-order valence-electron chi connectivity index (χ3n) is 3.74. The number of fused-ring (bicyclic) bond motifs is 1. The summed E-state index contributed by atoms with van der Waals surface area (Å²) >= 11 is 0. The molecule has 28 heavy (non-hydrogen) atoms. The molecule has 0 unspecified atom stereocenters. The molecule has 0 saturated heterocycles. The quantitative estimate of drug-likeness (QED) is 0.549. The first-order valence-electron chi connectivity index (χ1n) is 8.73. The van der Waals surface area contributed by atoms with Gasteiger partial charge in [-0.15, -0.1) is 0 Å². The van der Waals surface area contributed by atoms with Gasteiger partial charge in [-0.2, -0.15) is 8.42 Å². The Kier molecular flexibility index (Phi) is 7.30. The zero-order valence-corrected chi connectivity index (χ0v) is 16.7. The van der Waals surface area contributed by atoms with Gasteiger partial charge in [0.05, 0.1) is 26.9 Å². The third kappa shape index (κ3) is 4.57. The molecule has 0 saturated carbocycles. The van der Waals surface area contributed by atoms with E-state index in [0.717, 1.165) is 7.11 Å². The van der Waals surface area contributed by atoms with E-state index in [1.54, 1.807) is 6.07 Å². The number of esters is 1. The fourth-order valence-corrected chi connectivity index (χ4v) is 3.44. The molecule has 10 heteroatoms. The Bertz CT molecular complexity index is 985. The van der Waals surface area contributed by atoms with Crippen molar-refractivity contribution in [2.24, 2.45) is 0 Å². The maximum atomic E-state index is 12.8. The molecule has 2 aromatic rings. The van der Waals surface area contributed by atoms with Crippen molar-refractivity contribution >= 4 is 16.1 Å². The molecule has 2 heterocycles. The molecule has 9 nitrogen and oxygen atoms in total. The number of aromatic nitrogens is 2. The maximum Gasteiger partial charge on any atom is 0.360 e. The molecule has 0 atom stereocenters. The van der Waals surface area contributed by atoms with Crippen LogP contribution in [0.4, 0.5) is 0 Å². The second-order valence-electron chi connectivity index (χ2n) is 5.37. The van der Waals surface area contributed by atoms with Gasteiger partial charge in [0, 0.05) is 6.42 Å². The summed E-state index contributed by atoms with van der Waals surface area (Å²) in [6, 6.07) is 7.29. The van der Waals surface area contributed by atoms with E-state index < -0.39 is 33.1 Å². The Morgan fingerprint density at radius 1 is 1.18 bits per heavy atom. The summed E-state index contributed by atoms with van der Waals surface area (Å²) in [5.41, 5.74) is -1.26. The molecule has 0 fully saturated rings. The third-order valence-corrected chi connectivity index (χ3v) is 4.98. The van der Waals surface area contributed by atoms with Crippen LogP contribution in [0.15, 0.2) is 40.0 Å². The first-order valence-corrected chi connectivity index (χ1v) is 10.1. The van der Waals surface area contributed by atoms with Gasteiger partial charge in [0.1, 0.15) is 10.7 Å². The fourth-order valence-electron chi connectivity index (χ4n) is 2.48. The molecule has 152 valence electrons. The monoisotopic (exact) mass is 410 g/mol. The van der Waals surface area contributed by atoms with Gasteiger partial charge in [0.15, 0.2) is 5.69 Å². The summed E-state index contributed by atoms with van der Waals surface area (Å²) in [6.07, 6.45) is 0.297. The smallest absolute Gasteiger partial charge is 0.360 e. The minimum atomic E-state index is -4.33. The van der Waals surface area contributed by atoms with Gasteiger partial charge < -0.3 is 13.7 Å². The normalized spacial score (nSPS) is 13.4. The molecule has 0 bridgehead atoms. The zero-order chi connectivity index (χ0) is 20.7. The van der Waals surface area contributed by atoms with E-state index in [4.69, 9.17) is 8.92 Å². The van der Waals surface area contributed by atoms with Gasteiger partial charge >= 0.3 is 16.1 Å². The largest absolute Gasteiger partial charge is 0.464 e. The van der Waals surface area contributed by atoms with E-state index in [9.17, 15) is 18.0 Å². The summed E-state index contributed by atoms with van der Waals surface area (Å²) in [7, 11) is -3.23. The van der Waals surface area contributed by atoms with Crippen LogP contribution in [0.3, 0.4) is 0 Å². The summed E-state index contributed by atoms with van der Waals surface area (Å²) in [4.78, 5) is 28.8. The van der Waals surface area contributed by atoms with E-state index in [0.29, 0.717) is 18.9 Å². The first-order chi connectivity index (χ1) is 13.4. The van der Waals surface area contributed by atoms with Gasteiger partial charge in [-0.05, 0) is 12.1 Å². The van der Waals surface area contributed by atoms with Gasteiger partial charge in [0.2, 0.25) is 5.75 Å². The Balaban J connectivity index is 0.00000136. The summed E-state index contributed by atoms with van der Waals surface area (Å²) in [5, 5.41) is 0. The van der Waals surface area contributed by atoms with Crippen LogP contribution in [0.5, 0.6) is 5.75 Å². The molecular weight excluding hydrogens is 388 g/mol. The van der Waals surface area contributed by atoms with Crippen molar-refractivity contribution in [2.75, 3.05) is 20.3 Å². The SMILES string of the molecule is CC.COC(=O)c1nc2n(c(=O)c1OS(=O)(=O)c1ccccc1)CCOCC2. The van der Waals surface area contributed by atoms with Crippen molar-refractivity contribution in [3.05, 3.63) is 52.2 Å². The van der Waals surface area contributed by atoms with Crippen molar-refractivity contribution in [1.82, 2.24) is 9.55 Å². The predicted molar refractivity (Wildman–Crippen MR) is 100.0 cm³/mol. The topological polar surface area (TPSA) is 114 Å². The van der Waals surface area contributed by atoms with Gasteiger partial charge in [-0.25, -0.2) is 9.78 Å². The molecule has 1 aromatic heterocycles. The molecule has 3 rings (SSSR count). The van der Waals surface area contributed by atoms with E-state index in [2.05, 4.69) is 9.72 Å². The van der Waals surface area contributed by atoms with Crippen LogP contribution in [0.1, 0.15) is 30.2 Å². The lowest BCUT2D eigenvalue weighted by Crippen LogP contribution is -2.31. The average molecular weight is 410 g/mol. The minimum Gasteiger partial charge on any atom is -0.464 e. The summed E-state index contributed by atoms with van der Waals surface area (Å²) < 4.78 is 41.1. The number of nitrogens with zero attached hydrogens (tertiary/aromatic N) is 2. The van der Waals surface area contributed by atoms with Crippen LogP contribution in [-0.2, 0) is 32.6 Å². The van der Waals surface area contributed by atoms with Crippen molar-refractivity contribution in [1.29, 1.82) is 0 Å². The number of benzene rings is 1. The number of hydrogen-bond donors (Lipinski definition) is 0. The van der Waals surface area contributed by atoms with Crippen LogP contribution in [-0.4, -0.2) is 44.3 Å². The number of ether oxygens (including phenoxy) is 2. The maximum absolute atomic E-state index is 12.8. The van der Waals surface area contributed by atoms with E-state index in [-0.39, 0.29) is 18.0 Å². The van der Waals surface area contributed by atoms with Crippen molar-refractivity contribution in [3.8, 4) is 5.75 Å². The van der Waals surface area contributed by atoms with Crippen molar-refractivity contribution in [3.63, 3.8) is 0 Å². The average Bonchev–Trinajstić information content (AvgIpc) is 2.97. The molecule has 0 spiro atoms. The highest BCUT2D eigenvalue weighted by Gasteiger charge is 2.29. The molecule has 0 radical (unpaired) electrons. The lowest BCUT2D eigenvalue weighted by molar-refractivity contribution is 0.0590. The van der Waals surface area contributed by atoms with Crippen LogP contribution in [0.2, 0.25) is 0 Å². The van der Waals surface area contributed by atoms with E-state index in [1.807, 2.05) is 13.8 Å². The Morgan fingerprint density at radius 2 is 1.86 bits per heavy atom. The number of carbonyl (C=O) groups is 1. The molecule has 0 amide bonds. The van der Waals surface area contributed by atoms with Crippen molar-refractivity contribution < 1.29 is 26.9 Å². The lowest BCUT2D eigenvalue weighted by atomic mass is 10.3. The van der Waals surface area contributed by atoms with Crippen molar-refractivity contribution in [2.45, 2.75) is 31.7 Å². The highest BCUT2D eigenvalue weighted by atomic mass is 32.2. The van der Waals surface area contributed by atoms with Gasteiger partial charge in [0.25, 0.3) is 5.56 Å². The lowest BCUT2D eigenvalue weighted by Gasteiger charge is -2.14. The van der Waals surface area contributed by atoms with Crippen LogP contribution >= 0.6 is 0 Å². The molecule has 1 aliphatic heterocycles. The molecule has 0 aliphatic carbocycles. The standard InChI is InChI=1S/C16H16N2O7S.C2H6/c1-23-16(20)13-14(25-26(21,22)11-5-3-2-4-6-11)15(19)18-8-10-24-9-7-12(18)17-13;1-2/h2-6H,7-10H2,1H3;1-2H3. The summed E-state index contributed by atoms with van der Waals surface area (Å²) in [6.45, 7) is 4.76. The Hall–Kier alpha value is -2.72. The highest BCUT2D eigenvalue weighted by molar-refractivity contribution is 7.87. The highest BCUT2D eigenvalue weighted by Crippen LogP contribution is 2.20. The minimum absolute atomic E-state index is 0.154. The molecule has 1 aromatic carbocycles. The van der Waals surface area contributed by atoms with E-state index >= 15 is 0 Å². The second kappa shape index (κ2) is 9.47. The number of rotatable bonds is 4. The fraction of sp³-hybridized carbons (Fsp3) is 0.389. The molecule has 0 N–H and O–H groups in total. The first kappa shape index (κ1) is 21.6. The van der Waals surface area contributed by atoms with Crippen LogP contribution in [0, 0.1) is 0 Å². The van der Waals surface area contributed by atoms with Gasteiger partial charge in [-0.1, -0.05) is 32.0 Å². The number of hydrogen-bond acceptors (Lipinski definition) is 8. The van der Waals surface area contributed by atoms with E-state index in [1.165, 1.54) is 28.8 Å². The van der Waals surface area contributed by atoms with Crippen LogP contribution in [0.25, 0.3) is 0 Å². The van der Waals surface area contributed by atoms with Gasteiger partial charge in [-0.3, -0.25) is 9.36 Å². The zero-order valence-electron chi connectivity index (χ0n) is 15.9. The van der Waals surface area contributed by atoms with Crippen LogP contribution < -0.4 is 9.74 Å². The number of methoxy groups -OCH3 is 1. The molecule has 1 aliphatic rings. The second-order valence-corrected chi connectivity index (χ2v) is 6.91. The predicted octanol–water partition coefficient (Wildman–Crippen LogP) is 1.40. The summed E-state index contributed by atoms with van der Waals surface area (Å²) in [5.74, 6) is -1.35. The number of carbonyl (C=O) groups excluding carboxylic acids is 1. The Morgan fingerprint density at radius 3 is 2.50 bits per heavy atom. The molecular formula is C18H22N2O7S. The Labute approximate surface area is 163 Å².